The van der Waals surface area contributed by atoms with E-state index in [9.17, 15) is 14.7 Å². The van der Waals surface area contributed by atoms with Gasteiger partial charge in [-0.1, -0.05) is 42.5 Å². The zero-order valence-electron chi connectivity index (χ0n) is 12.7. The Morgan fingerprint density at radius 3 is 2.14 bits per heavy atom. The molecule has 0 aliphatic rings. The number of hydrogen-bond donors (Lipinski definition) is 2. The smallest absolute Gasteiger partial charge is 0.313 e. The second-order valence-corrected chi connectivity index (χ2v) is 5.68. The number of nitrogens with one attached hydrogen (secondary N) is 1. The Morgan fingerprint density at radius 1 is 1.00 bits per heavy atom. The zero-order chi connectivity index (χ0) is 16.2. The number of carboxylic acid groups (broad SMARTS) is 1. The molecular weight excluding hydrogens is 278 g/mol. The first-order valence-corrected chi connectivity index (χ1v) is 7.07. The minimum absolute atomic E-state index is 0.177. The van der Waals surface area contributed by atoms with Gasteiger partial charge in [-0.15, -0.1) is 0 Å². The summed E-state index contributed by atoms with van der Waals surface area (Å²) in [5.74, 6) is -1.07. The van der Waals surface area contributed by atoms with Crippen LogP contribution in [0, 0.1) is 0 Å². The normalized spacial score (nSPS) is 11.0. The highest BCUT2D eigenvalue weighted by molar-refractivity contribution is 5.94. The lowest BCUT2D eigenvalue weighted by Crippen LogP contribution is -2.28. The highest BCUT2D eigenvalue weighted by atomic mass is 16.4. The molecule has 0 bridgehead atoms. The van der Waals surface area contributed by atoms with Crippen molar-refractivity contribution in [3.8, 4) is 0 Å². The quantitative estimate of drug-likeness (QED) is 0.891. The highest BCUT2D eigenvalue weighted by Crippen LogP contribution is 2.23. The standard InChI is InChI=1S/C18H19NO3/c1-18(2,17(21)22)15-10-8-14(9-11-15)16(20)19-12-13-6-4-3-5-7-13/h3-11H,12H2,1-2H3,(H,19,20)(H,21,22). The molecule has 1 amide bonds. The van der Waals surface area contributed by atoms with Crippen molar-refractivity contribution in [2.75, 3.05) is 0 Å². The lowest BCUT2D eigenvalue weighted by Gasteiger charge is -2.19. The van der Waals surface area contributed by atoms with Gasteiger partial charge in [-0.3, -0.25) is 9.59 Å². The van der Waals surface area contributed by atoms with Crippen molar-refractivity contribution < 1.29 is 14.7 Å². The topological polar surface area (TPSA) is 66.4 Å². The summed E-state index contributed by atoms with van der Waals surface area (Å²) in [4.78, 5) is 23.3. The number of benzene rings is 2. The Balaban J connectivity index is 2.04. The SMILES string of the molecule is CC(C)(C(=O)O)c1ccc(C(=O)NCc2ccccc2)cc1. The van der Waals surface area contributed by atoms with Crippen molar-refractivity contribution >= 4 is 11.9 Å². The number of rotatable bonds is 5. The molecule has 2 aromatic carbocycles. The molecule has 0 spiro atoms. The van der Waals surface area contributed by atoms with Crippen LogP contribution < -0.4 is 5.32 Å². The van der Waals surface area contributed by atoms with Crippen LogP contribution in [0.5, 0.6) is 0 Å². The molecule has 2 aromatic rings. The van der Waals surface area contributed by atoms with Crippen LogP contribution in [0.3, 0.4) is 0 Å². The molecule has 0 aliphatic heterocycles. The zero-order valence-corrected chi connectivity index (χ0v) is 12.7. The fraction of sp³-hybridized carbons (Fsp3) is 0.222. The van der Waals surface area contributed by atoms with Crippen molar-refractivity contribution in [1.29, 1.82) is 0 Å². The van der Waals surface area contributed by atoms with Gasteiger partial charge in [0.2, 0.25) is 0 Å². The van der Waals surface area contributed by atoms with Crippen molar-refractivity contribution in [3.63, 3.8) is 0 Å². The van der Waals surface area contributed by atoms with Crippen molar-refractivity contribution in [1.82, 2.24) is 5.32 Å². The molecule has 0 aromatic heterocycles. The van der Waals surface area contributed by atoms with Crippen LogP contribution in [0.15, 0.2) is 54.6 Å². The van der Waals surface area contributed by atoms with E-state index in [1.165, 1.54) is 0 Å². The van der Waals surface area contributed by atoms with Gasteiger partial charge < -0.3 is 10.4 Å². The molecule has 0 unspecified atom stereocenters. The van der Waals surface area contributed by atoms with Gasteiger partial charge in [-0.05, 0) is 37.1 Å². The minimum Gasteiger partial charge on any atom is -0.481 e. The molecule has 0 radical (unpaired) electrons. The van der Waals surface area contributed by atoms with Crippen molar-refractivity contribution in [2.45, 2.75) is 25.8 Å². The van der Waals surface area contributed by atoms with E-state index < -0.39 is 11.4 Å². The molecule has 2 rings (SSSR count). The third kappa shape index (κ3) is 3.52. The van der Waals surface area contributed by atoms with Gasteiger partial charge in [0.15, 0.2) is 0 Å². The van der Waals surface area contributed by atoms with Gasteiger partial charge in [0.25, 0.3) is 5.91 Å². The van der Waals surface area contributed by atoms with E-state index >= 15 is 0 Å². The maximum Gasteiger partial charge on any atom is 0.313 e. The summed E-state index contributed by atoms with van der Waals surface area (Å²) in [5.41, 5.74) is 1.24. The molecule has 114 valence electrons. The Hall–Kier alpha value is -2.62. The fourth-order valence-corrected chi connectivity index (χ4v) is 2.04. The van der Waals surface area contributed by atoms with E-state index in [1.54, 1.807) is 38.1 Å². The summed E-state index contributed by atoms with van der Waals surface area (Å²) in [6, 6.07) is 16.3. The van der Waals surface area contributed by atoms with Gasteiger partial charge in [0, 0.05) is 12.1 Å². The average Bonchev–Trinajstić information content (AvgIpc) is 2.53. The molecule has 4 nitrogen and oxygen atoms in total. The number of carbonyl (C=O) groups excluding carboxylic acids is 1. The van der Waals surface area contributed by atoms with Crippen LogP contribution in [0.25, 0.3) is 0 Å². The van der Waals surface area contributed by atoms with E-state index in [0.29, 0.717) is 17.7 Å². The highest BCUT2D eigenvalue weighted by Gasteiger charge is 2.29. The van der Waals surface area contributed by atoms with E-state index in [4.69, 9.17) is 0 Å². The monoisotopic (exact) mass is 297 g/mol. The predicted octanol–water partition coefficient (Wildman–Crippen LogP) is 2.98. The van der Waals surface area contributed by atoms with Crippen LogP contribution in [0.4, 0.5) is 0 Å². The molecule has 0 fully saturated rings. The van der Waals surface area contributed by atoms with E-state index in [2.05, 4.69) is 5.32 Å². The molecular formula is C18H19NO3. The molecule has 4 heteroatoms. The van der Waals surface area contributed by atoms with Crippen LogP contribution in [-0.4, -0.2) is 17.0 Å². The third-order valence-corrected chi connectivity index (χ3v) is 3.70. The maximum atomic E-state index is 12.1. The van der Waals surface area contributed by atoms with Gasteiger partial charge in [0.1, 0.15) is 0 Å². The predicted molar refractivity (Wildman–Crippen MR) is 84.7 cm³/mol. The first kappa shape index (κ1) is 15.8. The van der Waals surface area contributed by atoms with E-state index in [1.807, 2.05) is 30.3 Å². The Kier molecular flexibility index (Phi) is 4.61. The van der Waals surface area contributed by atoms with Crippen LogP contribution in [-0.2, 0) is 16.8 Å². The first-order valence-electron chi connectivity index (χ1n) is 7.07. The number of amides is 1. The van der Waals surface area contributed by atoms with E-state index in [-0.39, 0.29) is 5.91 Å². The summed E-state index contributed by atoms with van der Waals surface area (Å²) in [6.07, 6.45) is 0. The number of carbonyl (C=O) groups is 2. The molecule has 0 heterocycles. The Bertz CT molecular complexity index is 660. The second-order valence-electron chi connectivity index (χ2n) is 5.68. The number of aliphatic carboxylic acids is 1. The van der Waals surface area contributed by atoms with Crippen LogP contribution in [0.1, 0.15) is 35.3 Å². The lowest BCUT2D eigenvalue weighted by atomic mass is 9.84. The average molecular weight is 297 g/mol. The largest absolute Gasteiger partial charge is 0.481 e. The number of carboxylic acids is 1. The number of hydrogen-bond acceptors (Lipinski definition) is 2. The Morgan fingerprint density at radius 2 is 1.59 bits per heavy atom. The van der Waals surface area contributed by atoms with E-state index in [0.717, 1.165) is 5.56 Å². The van der Waals surface area contributed by atoms with Crippen molar-refractivity contribution in [2.24, 2.45) is 0 Å². The van der Waals surface area contributed by atoms with Gasteiger partial charge in [-0.25, -0.2) is 0 Å². The second kappa shape index (κ2) is 6.43. The summed E-state index contributed by atoms with van der Waals surface area (Å²) >= 11 is 0. The van der Waals surface area contributed by atoms with Gasteiger partial charge in [0.05, 0.1) is 5.41 Å². The molecule has 0 atom stereocenters. The maximum absolute atomic E-state index is 12.1. The first-order chi connectivity index (χ1) is 10.4. The molecule has 0 saturated heterocycles. The molecule has 2 N–H and O–H groups in total. The molecule has 0 saturated carbocycles. The van der Waals surface area contributed by atoms with Crippen molar-refractivity contribution in [3.05, 3.63) is 71.3 Å². The molecule has 0 aliphatic carbocycles. The summed E-state index contributed by atoms with van der Waals surface area (Å²) in [6.45, 7) is 3.74. The van der Waals surface area contributed by atoms with Crippen LogP contribution >= 0.6 is 0 Å². The van der Waals surface area contributed by atoms with Gasteiger partial charge >= 0.3 is 5.97 Å². The minimum atomic E-state index is -0.973. The summed E-state index contributed by atoms with van der Waals surface area (Å²) in [7, 11) is 0. The van der Waals surface area contributed by atoms with Crippen LogP contribution in [0.2, 0.25) is 0 Å². The Labute approximate surface area is 129 Å². The summed E-state index contributed by atoms with van der Waals surface area (Å²) in [5, 5.41) is 12.0. The summed E-state index contributed by atoms with van der Waals surface area (Å²) < 4.78 is 0. The fourth-order valence-electron chi connectivity index (χ4n) is 2.04. The lowest BCUT2D eigenvalue weighted by molar-refractivity contribution is -0.142. The molecule has 22 heavy (non-hydrogen) atoms. The van der Waals surface area contributed by atoms with Gasteiger partial charge in [-0.2, -0.15) is 0 Å². The third-order valence-electron chi connectivity index (χ3n) is 3.70.